The van der Waals surface area contributed by atoms with Crippen molar-refractivity contribution in [2.45, 2.75) is 32.1 Å². The van der Waals surface area contributed by atoms with E-state index in [0.717, 1.165) is 0 Å². The van der Waals surface area contributed by atoms with E-state index in [0.29, 0.717) is 0 Å². The van der Waals surface area contributed by atoms with Gasteiger partial charge in [-0.15, -0.1) is 0 Å². The standard InChI is InChI=1S/C9H19NO5/c1-5(2)8(9(14)15)10-3-6(12)7(13)4-11/h5-8,10-13H,3-4H2,1-2H3,(H,14,15)/t6?,7?,8-/m0/s1. The Kier molecular flexibility index (Phi) is 6.42. The molecule has 0 amide bonds. The zero-order valence-electron chi connectivity index (χ0n) is 8.92. The van der Waals surface area contributed by atoms with E-state index in [4.69, 9.17) is 15.3 Å². The van der Waals surface area contributed by atoms with Crippen LogP contribution in [0, 0.1) is 5.92 Å². The first kappa shape index (κ1) is 14.3. The number of rotatable bonds is 7. The van der Waals surface area contributed by atoms with E-state index in [1.54, 1.807) is 13.8 Å². The lowest BCUT2D eigenvalue weighted by Crippen LogP contribution is -2.47. The minimum atomic E-state index is -1.25. The van der Waals surface area contributed by atoms with E-state index in [-0.39, 0.29) is 12.5 Å². The third-order valence-corrected chi connectivity index (χ3v) is 2.11. The predicted octanol–water partition coefficient (Wildman–Crippen LogP) is -1.60. The highest BCUT2D eigenvalue weighted by Gasteiger charge is 2.23. The highest BCUT2D eigenvalue weighted by molar-refractivity contribution is 5.73. The van der Waals surface area contributed by atoms with Gasteiger partial charge in [0.15, 0.2) is 0 Å². The highest BCUT2D eigenvalue weighted by Crippen LogP contribution is 2.02. The second kappa shape index (κ2) is 6.73. The Morgan fingerprint density at radius 2 is 1.80 bits per heavy atom. The second-order valence-corrected chi connectivity index (χ2v) is 3.79. The van der Waals surface area contributed by atoms with Gasteiger partial charge in [0.1, 0.15) is 12.1 Å². The van der Waals surface area contributed by atoms with Crippen molar-refractivity contribution in [3.63, 3.8) is 0 Å². The number of carboxylic acids is 1. The smallest absolute Gasteiger partial charge is 0.320 e. The number of nitrogens with one attached hydrogen (secondary N) is 1. The number of carbonyl (C=O) groups is 1. The van der Waals surface area contributed by atoms with Gasteiger partial charge in [-0.1, -0.05) is 13.8 Å². The summed E-state index contributed by atoms with van der Waals surface area (Å²) in [5, 5.41) is 38.2. The molecule has 0 aliphatic rings. The van der Waals surface area contributed by atoms with Crippen LogP contribution < -0.4 is 5.32 Å². The first-order chi connectivity index (χ1) is 6.90. The van der Waals surface area contributed by atoms with Gasteiger partial charge in [0.25, 0.3) is 0 Å². The molecule has 0 bridgehead atoms. The maximum Gasteiger partial charge on any atom is 0.320 e. The van der Waals surface area contributed by atoms with Crippen molar-refractivity contribution < 1.29 is 25.2 Å². The molecular weight excluding hydrogens is 202 g/mol. The van der Waals surface area contributed by atoms with Gasteiger partial charge in [0.05, 0.1) is 12.7 Å². The monoisotopic (exact) mass is 221 g/mol. The van der Waals surface area contributed by atoms with Crippen molar-refractivity contribution in [2.75, 3.05) is 13.2 Å². The zero-order valence-corrected chi connectivity index (χ0v) is 8.92. The SMILES string of the molecule is CC(C)[C@H](NCC(O)C(O)CO)C(=O)O. The summed E-state index contributed by atoms with van der Waals surface area (Å²) in [6.07, 6.45) is -2.42. The van der Waals surface area contributed by atoms with Crippen molar-refractivity contribution in [1.82, 2.24) is 5.32 Å². The number of aliphatic hydroxyl groups excluding tert-OH is 3. The second-order valence-electron chi connectivity index (χ2n) is 3.79. The molecule has 6 nitrogen and oxygen atoms in total. The molecule has 0 saturated heterocycles. The van der Waals surface area contributed by atoms with Gasteiger partial charge >= 0.3 is 5.97 Å². The first-order valence-corrected chi connectivity index (χ1v) is 4.83. The summed E-state index contributed by atoms with van der Waals surface area (Å²) >= 11 is 0. The Bertz CT molecular complexity index is 197. The van der Waals surface area contributed by atoms with Gasteiger partial charge in [0, 0.05) is 6.54 Å². The molecule has 0 saturated carbocycles. The van der Waals surface area contributed by atoms with Crippen molar-refractivity contribution in [2.24, 2.45) is 5.92 Å². The number of hydrogen-bond acceptors (Lipinski definition) is 5. The molecule has 2 unspecified atom stereocenters. The van der Waals surface area contributed by atoms with Crippen LogP contribution in [0.1, 0.15) is 13.8 Å². The first-order valence-electron chi connectivity index (χ1n) is 4.83. The van der Waals surface area contributed by atoms with Gasteiger partial charge in [-0.25, -0.2) is 0 Å². The molecule has 0 spiro atoms. The summed E-state index contributed by atoms with van der Waals surface area (Å²) < 4.78 is 0. The Balaban J connectivity index is 4.05. The van der Waals surface area contributed by atoms with Crippen LogP contribution in [0.25, 0.3) is 0 Å². The van der Waals surface area contributed by atoms with Gasteiger partial charge in [-0.3, -0.25) is 4.79 Å². The third-order valence-electron chi connectivity index (χ3n) is 2.11. The van der Waals surface area contributed by atoms with Crippen LogP contribution >= 0.6 is 0 Å². The number of carboxylic acid groups (broad SMARTS) is 1. The molecule has 6 heteroatoms. The zero-order chi connectivity index (χ0) is 12.0. The minimum absolute atomic E-state index is 0.0725. The van der Waals surface area contributed by atoms with Crippen molar-refractivity contribution in [1.29, 1.82) is 0 Å². The van der Waals surface area contributed by atoms with Crippen LogP contribution in [0.4, 0.5) is 0 Å². The number of aliphatic hydroxyl groups is 3. The average molecular weight is 221 g/mol. The van der Waals surface area contributed by atoms with Gasteiger partial charge in [-0.05, 0) is 5.92 Å². The van der Waals surface area contributed by atoms with Gasteiger partial charge in [-0.2, -0.15) is 0 Å². The quantitative estimate of drug-likeness (QED) is 0.354. The fourth-order valence-corrected chi connectivity index (χ4v) is 1.11. The average Bonchev–Trinajstić information content (AvgIpc) is 2.15. The summed E-state index contributed by atoms with van der Waals surface area (Å²) in [7, 11) is 0. The lowest BCUT2D eigenvalue weighted by molar-refractivity contribution is -0.140. The molecular formula is C9H19NO5. The summed E-state index contributed by atoms with van der Waals surface area (Å²) in [6.45, 7) is 2.85. The molecule has 0 aromatic carbocycles. The summed E-state index contributed by atoms with van der Waals surface area (Å²) in [5.74, 6) is -1.13. The molecule has 0 rings (SSSR count). The Morgan fingerprint density at radius 3 is 2.13 bits per heavy atom. The van der Waals surface area contributed by atoms with E-state index < -0.39 is 30.8 Å². The van der Waals surface area contributed by atoms with Crippen LogP contribution in [-0.2, 0) is 4.79 Å². The molecule has 3 atom stereocenters. The fourth-order valence-electron chi connectivity index (χ4n) is 1.11. The van der Waals surface area contributed by atoms with Crippen LogP contribution in [0.5, 0.6) is 0 Å². The molecule has 90 valence electrons. The Labute approximate surface area is 88.5 Å². The van der Waals surface area contributed by atoms with E-state index in [1.807, 2.05) is 0 Å². The van der Waals surface area contributed by atoms with Crippen LogP contribution in [-0.4, -0.2) is 57.8 Å². The van der Waals surface area contributed by atoms with E-state index in [1.165, 1.54) is 0 Å². The van der Waals surface area contributed by atoms with Crippen molar-refractivity contribution >= 4 is 5.97 Å². The molecule has 0 aliphatic heterocycles. The molecule has 15 heavy (non-hydrogen) atoms. The van der Waals surface area contributed by atoms with E-state index >= 15 is 0 Å². The molecule has 0 aliphatic carbocycles. The van der Waals surface area contributed by atoms with Gasteiger partial charge < -0.3 is 25.7 Å². The minimum Gasteiger partial charge on any atom is -0.480 e. The summed E-state index contributed by atoms with van der Waals surface area (Å²) in [6, 6.07) is -0.773. The van der Waals surface area contributed by atoms with Crippen molar-refractivity contribution in [3.05, 3.63) is 0 Å². The Hall–Kier alpha value is -0.690. The fraction of sp³-hybridized carbons (Fsp3) is 0.889. The predicted molar refractivity (Wildman–Crippen MR) is 53.4 cm³/mol. The molecule has 0 aromatic heterocycles. The maximum atomic E-state index is 10.7. The molecule has 5 N–H and O–H groups in total. The van der Waals surface area contributed by atoms with Crippen LogP contribution in [0.15, 0.2) is 0 Å². The maximum absolute atomic E-state index is 10.7. The normalized spacial score (nSPS) is 17.5. The number of hydrogen-bond donors (Lipinski definition) is 5. The number of aliphatic carboxylic acids is 1. The lowest BCUT2D eigenvalue weighted by atomic mass is 10.0. The van der Waals surface area contributed by atoms with E-state index in [9.17, 15) is 9.90 Å². The molecule has 0 radical (unpaired) electrons. The highest BCUT2D eigenvalue weighted by atomic mass is 16.4. The molecule has 0 fully saturated rings. The van der Waals surface area contributed by atoms with Crippen molar-refractivity contribution in [3.8, 4) is 0 Å². The van der Waals surface area contributed by atoms with Gasteiger partial charge in [0.2, 0.25) is 0 Å². The topological polar surface area (TPSA) is 110 Å². The van der Waals surface area contributed by atoms with Crippen LogP contribution in [0.2, 0.25) is 0 Å². The Morgan fingerprint density at radius 1 is 1.27 bits per heavy atom. The largest absolute Gasteiger partial charge is 0.480 e. The van der Waals surface area contributed by atoms with E-state index in [2.05, 4.69) is 5.32 Å². The molecule has 0 aromatic rings. The van der Waals surface area contributed by atoms with Crippen LogP contribution in [0.3, 0.4) is 0 Å². The lowest BCUT2D eigenvalue weighted by Gasteiger charge is -2.21. The third kappa shape index (κ3) is 5.08. The molecule has 0 heterocycles. The summed E-state index contributed by atoms with van der Waals surface area (Å²) in [5.41, 5.74) is 0. The summed E-state index contributed by atoms with van der Waals surface area (Å²) in [4.78, 5) is 10.7.